The Morgan fingerprint density at radius 1 is 1.08 bits per heavy atom. The topological polar surface area (TPSA) is 36.4 Å². The SMILES string of the molecule is O=C(/C=C/c1sc2ccccc2c1Cl)N1CCN(c2ccccn2)CC1. The molecule has 2 aromatic heterocycles. The Hall–Kier alpha value is -2.37. The first-order valence-corrected chi connectivity index (χ1v) is 9.72. The van der Waals surface area contributed by atoms with Crippen molar-refractivity contribution < 1.29 is 4.79 Å². The van der Waals surface area contributed by atoms with E-state index in [1.165, 1.54) is 0 Å². The summed E-state index contributed by atoms with van der Waals surface area (Å²) in [5.41, 5.74) is 0. The van der Waals surface area contributed by atoms with Crippen LogP contribution in [0.3, 0.4) is 0 Å². The first-order valence-electron chi connectivity index (χ1n) is 8.52. The van der Waals surface area contributed by atoms with Gasteiger partial charge in [-0.25, -0.2) is 4.98 Å². The third-order valence-corrected chi connectivity index (χ3v) is 6.16. The largest absolute Gasteiger partial charge is 0.353 e. The molecule has 132 valence electrons. The lowest BCUT2D eigenvalue weighted by Gasteiger charge is -2.34. The van der Waals surface area contributed by atoms with Gasteiger partial charge in [0, 0.05) is 53.4 Å². The van der Waals surface area contributed by atoms with Crippen molar-refractivity contribution in [2.24, 2.45) is 0 Å². The monoisotopic (exact) mass is 383 g/mol. The van der Waals surface area contributed by atoms with Gasteiger partial charge in [0.1, 0.15) is 5.82 Å². The Labute approximate surface area is 161 Å². The molecule has 0 N–H and O–H groups in total. The summed E-state index contributed by atoms with van der Waals surface area (Å²) in [5.74, 6) is 0.992. The van der Waals surface area contributed by atoms with E-state index in [9.17, 15) is 4.79 Å². The van der Waals surface area contributed by atoms with Crippen LogP contribution in [0.2, 0.25) is 5.02 Å². The van der Waals surface area contributed by atoms with Gasteiger partial charge in [-0.3, -0.25) is 4.79 Å². The van der Waals surface area contributed by atoms with Gasteiger partial charge in [-0.1, -0.05) is 35.9 Å². The highest BCUT2D eigenvalue weighted by molar-refractivity contribution is 7.20. The number of rotatable bonds is 3. The number of amides is 1. The van der Waals surface area contributed by atoms with Crippen LogP contribution in [0.5, 0.6) is 0 Å². The van der Waals surface area contributed by atoms with Gasteiger partial charge in [-0.05, 0) is 24.3 Å². The lowest BCUT2D eigenvalue weighted by molar-refractivity contribution is -0.126. The highest BCUT2D eigenvalue weighted by Crippen LogP contribution is 2.35. The number of carbonyl (C=O) groups is 1. The van der Waals surface area contributed by atoms with E-state index < -0.39 is 0 Å². The van der Waals surface area contributed by atoms with Gasteiger partial charge in [-0.2, -0.15) is 0 Å². The molecule has 6 heteroatoms. The van der Waals surface area contributed by atoms with Gasteiger partial charge in [0.15, 0.2) is 0 Å². The molecule has 3 heterocycles. The summed E-state index contributed by atoms with van der Waals surface area (Å²) in [6, 6.07) is 13.9. The molecule has 0 spiro atoms. The van der Waals surface area contributed by atoms with Crippen LogP contribution in [0.25, 0.3) is 16.2 Å². The number of hydrogen-bond acceptors (Lipinski definition) is 4. The van der Waals surface area contributed by atoms with E-state index in [4.69, 9.17) is 11.6 Å². The zero-order chi connectivity index (χ0) is 17.9. The van der Waals surface area contributed by atoms with Crippen molar-refractivity contribution in [1.29, 1.82) is 0 Å². The third kappa shape index (κ3) is 3.45. The minimum Gasteiger partial charge on any atom is -0.353 e. The molecular formula is C20H18ClN3OS. The smallest absolute Gasteiger partial charge is 0.246 e. The number of thiophene rings is 1. The number of fused-ring (bicyclic) bond motifs is 1. The number of hydrogen-bond donors (Lipinski definition) is 0. The fourth-order valence-corrected chi connectivity index (χ4v) is 4.49. The van der Waals surface area contributed by atoms with E-state index in [2.05, 4.69) is 9.88 Å². The fourth-order valence-electron chi connectivity index (χ4n) is 3.09. The molecular weight excluding hydrogens is 366 g/mol. The second-order valence-corrected chi connectivity index (χ2v) is 7.57. The average molecular weight is 384 g/mol. The summed E-state index contributed by atoms with van der Waals surface area (Å²) in [4.78, 5) is 21.9. The molecule has 1 aliphatic rings. The number of aromatic nitrogens is 1. The van der Waals surface area contributed by atoms with Crippen LogP contribution in [-0.4, -0.2) is 42.0 Å². The Morgan fingerprint density at radius 2 is 1.85 bits per heavy atom. The zero-order valence-corrected chi connectivity index (χ0v) is 15.7. The summed E-state index contributed by atoms with van der Waals surface area (Å²) in [5, 5.41) is 1.75. The Balaban J connectivity index is 1.41. The van der Waals surface area contributed by atoms with Crippen molar-refractivity contribution in [3.8, 4) is 0 Å². The molecule has 4 nitrogen and oxygen atoms in total. The number of anilines is 1. The van der Waals surface area contributed by atoms with Crippen molar-refractivity contribution in [3.63, 3.8) is 0 Å². The number of benzene rings is 1. The van der Waals surface area contributed by atoms with Crippen LogP contribution >= 0.6 is 22.9 Å². The van der Waals surface area contributed by atoms with Crippen molar-refractivity contribution in [3.05, 3.63) is 64.6 Å². The maximum absolute atomic E-state index is 12.5. The molecule has 0 unspecified atom stereocenters. The summed E-state index contributed by atoms with van der Waals surface area (Å²) in [6.07, 6.45) is 5.26. The fraction of sp³-hybridized carbons (Fsp3) is 0.200. The molecule has 1 aliphatic heterocycles. The molecule has 1 aromatic carbocycles. The maximum Gasteiger partial charge on any atom is 0.246 e. The Bertz CT molecular complexity index is 946. The predicted octanol–water partition coefficient (Wildman–Crippen LogP) is 4.31. The van der Waals surface area contributed by atoms with E-state index in [-0.39, 0.29) is 5.91 Å². The molecule has 0 aliphatic carbocycles. The molecule has 0 bridgehead atoms. The molecule has 1 saturated heterocycles. The Kier molecular flexibility index (Phi) is 4.91. The molecule has 1 amide bonds. The number of carbonyl (C=O) groups excluding carboxylic acids is 1. The van der Waals surface area contributed by atoms with Crippen LogP contribution in [0.4, 0.5) is 5.82 Å². The lowest BCUT2D eigenvalue weighted by atomic mass is 10.2. The van der Waals surface area contributed by atoms with Gasteiger partial charge in [0.05, 0.1) is 5.02 Å². The summed E-state index contributed by atoms with van der Waals surface area (Å²) in [7, 11) is 0. The van der Waals surface area contributed by atoms with Gasteiger partial charge in [-0.15, -0.1) is 11.3 Å². The molecule has 0 radical (unpaired) electrons. The van der Waals surface area contributed by atoms with E-state index in [0.717, 1.165) is 38.9 Å². The standard InChI is InChI=1S/C20H18ClN3OS/c21-20-15-5-1-2-6-16(15)26-17(20)8-9-19(25)24-13-11-23(12-14-24)18-7-3-4-10-22-18/h1-10H,11-14H2/b9-8+. The van der Waals surface area contributed by atoms with Crippen LogP contribution < -0.4 is 4.90 Å². The normalized spacial score (nSPS) is 15.1. The second kappa shape index (κ2) is 7.48. The van der Waals surface area contributed by atoms with E-state index in [0.29, 0.717) is 13.1 Å². The Morgan fingerprint density at radius 3 is 2.58 bits per heavy atom. The zero-order valence-electron chi connectivity index (χ0n) is 14.1. The molecule has 0 atom stereocenters. The van der Waals surface area contributed by atoms with Crippen molar-refractivity contribution in [1.82, 2.24) is 9.88 Å². The van der Waals surface area contributed by atoms with Gasteiger partial charge in [0.25, 0.3) is 0 Å². The number of pyridine rings is 1. The van der Waals surface area contributed by atoms with Crippen molar-refractivity contribution in [2.75, 3.05) is 31.1 Å². The first kappa shape index (κ1) is 17.1. The second-order valence-electron chi connectivity index (χ2n) is 6.11. The predicted molar refractivity (Wildman–Crippen MR) is 109 cm³/mol. The van der Waals surface area contributed by atoms with Crippen LogP contribution in [-0.2, 0) is 4.79 Å². The minimum absolute atomic E-state index is 0.0270. The quantitative estimate of drug-likeness (QED) is 0.632. The summed E-state index contributed by atoms with van der Waals surface area (Å²) in [6.45, 7) is 2.97. The van der Waals surface area contributed by atoms with Gasteiger partial charge >= 0.3 is 0 Å². The molecule has 3 aromatic rings. The molecule has 26 heavy (non-hydrogen) atoms. The summed E-state index contributed by atoms with van der Waals surface area (Å²) < 4.78 is 1.13. The van der Waals surface area contributed by atoms with E-state index in [1.54, 1.807) is 23.6 Å². The highest BCUT2D eigenvalue weighted by Gasteiger charge is 2.20. The number of halogens is 1. The molecule has 0 saturated carbocycles. The number of piperazine rings is 1. The average Bonchev–Trinajstić information content (AvgIpc) is 3.03. The number of nitrogens with zero attached hydrogens (tertiary/aromatic N) is 3. The van der Waals surface area contributed by atoms with Crippen LogP contribution in [0.15, 0.2) is 54.7 Å². The highest BCUT2D eigenvalue weighted by atomic mass is 35.5. The van der Waals surface area contributed by atoms with Crippen molar-refractivity contribution in [2.45, 2.75) is 0 Å². The van der Waals surface area contributed by atoms with E-state index >= 15 is 0 Å². The maximum atomic E-state index is 12.5. The van der Waals surface area contributed by atoms with Gasteiger partial charge < -0.3 is 9.80 Å². The first-order chi connectivity index (χ1) is 12.7. The van der Waals surface area contributed by atoms with Crippen LogP contribution in [0.1, 0.15) is 4.88 Å². The molecule has 4 rings (SSSR count). The third-order valence-electron chi connectivity index (χ3n) is 4.50. The lowest BCUT2D eigenvalue weighted by Crippen LogP contribution is -2.48. The van der Waals surface area contributed by atoms with Crippen LogP contribution in [0, 0.1) is 0 Å². The minimum atomic E-state index is 0.0270. The van der Waals surface area contributed by atoms with E-state index in [1.807, 2.05) is 53.4 Å². The van der Waals surface area contributed by atoms with Gasteiger partial charge in [0.2, 0.25) is 5.91 Å². The summed E-state index contributed by atoms with van der Waals surface area (Å²) >= 11 is 8.04. The molecule has 1 fully saturated rings. The van der Waals surface area contributed by atoms with Crippen molar-refractivity contribution >= 4 is 50.8 Å².